The Morgan fingerprint density at radius 3 is 1.35 bits per heavy atom. The molecule has 0 aliphatic carbocycles. The third kappa shape index (κ3) is 11.7. The maximum absolute atomic E-state index is 10.5. The van der Waals surface area contributed by atoms with Gasteiger partial charge in [-0.05, 0) is 12.8 Å². The second-order valence-corrected chi connectivity index (χ2v) is 6.46. The molecule has 122 valence electrons. The average Bonchev–Trinajstić information content (AvgIpc) is 2.46. The zero-order valence-corrected chi connectivity index (χ0v) is 14.1. The first-order chi connectivity index (χ1) is 9.68. The molecule has 0 amide bonds. The van der Waals surface area contributed by atoms with Gasteiger partial charge in [0, 0.05) is 6.54 Å². The summed E-state index contributed by atoms with van der Waals surface area (Å²) in [5.74, 6) is 0. The summed E-state index contributed by atoms with van der Waals surface area (Å²) in [6.45, 7) is 4.91. The van der Waals surface area contributed by atoms with E-state index in [4.69, 9.17) is 5.73 Å². The summed E-state index contributed by atoms with van der Waals surface area (Å²) in [6.07, 6.45) is 17.1. The normalized spacial score (nSPS) is 12.0. The number of unbranched alkanes of at least 4 members (excludes halogenated alkanes) is 10. The molecule has 0 aromatic carbocycles. The van der Waals surface area contributed by atoms with Crippen LogP contribution in [-0.4, -0.2) is 17.3 Å². The molecule has 3 N–H and O–H groups in total. The zero-order chi connectivity index (χ0) is 15.1. The molecule has 0 aromatic rings. The van der Waals surface area contributed by atoms with Gasteiger partial charge < -0.3 is 10.8 Å². The Hall–Kier alpha value is -0.0800. The van der Waals surface area contributed by atoms with E-state index in [1.165, 1.54) is 64.2 Å². The minimum atomic E-state index is -0.588. The van der Waals surface area contributed by atoms with E-state index < -0.39 is 5.60 Å². The molecule has 0 saturated carbocycles. The van der Waals surface area contributed by atoms with E-state index in [0.29, 0.717) is 6.54 Å². The van der Waals surface area contributed by atoms with E-state index in [9.17, 15) is 5.11 Å². The minimum Gasteiger partial charge on any atom is -0.389 e. The van der Waals surface area contributed by atoms with Crippen LogP contribution in [0, 0.1) is 0 Å². The van der Waals surface area contributed by atoms with Crippen LogP contribution in [0.2, 0.25) is 0 Å². The minimum absolute atomic E-state index is 0.428. The standard InChI is InChI=1S/C18H39NO/c1-3-5-7-9-11-13-15-18(20,17-19)16-14-12-10-8-6-4-2/h20H,3-17,19H2,1-2H3. The summed E-state index contributed by atoms with van der Waals surface area (Å²) in [4.78, 5) is 0. The van der Waals surface area contributed by atoms with Crippen molar-refractivity contribution in [2.45, 2.75) is 109 Å². The second-order valence-electron chi connectivity index (χ2n) is 6.46. The lowest BCUT2D eigenvalue weighted by Crippen LogP contribution is -2.37. The third-order valence-electron chi connectivity index (χ3n) is 4.37. The molecule has 0 radical (unpaired) electrons. The molecule has 2 heteroatoms. The Morgan fingerprint density at radius 1 is 0.650 bits per heavy atom. The molecule has 0 heterocycles. The van der Waals surface area contributed by atoms with Gasteiger partial charge >= 0.3 is 0 Å². The van der Waals surface area contributed by atoms with Crippen molar-refractivity contribution in [3.63, 3.8) is 0 Å². The zero-order valence-electron chi connectivity index (χ0n) is 14.1. The number of aliphatic hydroxyl groups is 1. The number of hydrogen-bond acceptors (Lipinski definition) is 2. The summed E-state index contributed by atoms with van der Waals surface area (Å²) in [5, 5.41) is 10.5. The Kier molecular flexibility index (Phi) is 13.8. The summed E-state index contributed by atoms with van der Waals surface area (Å²) in [5.41, 5.74) is 5.19. The fourth-order valence-electron chi connectivity index (χ4n) is 2.80. The quantitative estimate of drug-likeness (QED) is 0.407. The van der Waals surface area contributed by atoms with Gasteiger partial charge in [-0.15, -0.1) is 0 Å². The molecule has 0 bridgehead atoms. The highest BCUT2D eigenvalue weighted by Gasteiger charge is 2.23. The molecule has 0 aromatic heterocycles. The van der Waals surface area contributed by atoms with Crippen LogP contribution in [0.25, 0.3) is 0 Å². The lowest BCUT2D eigenvalue weighted by molar-refractivity contribution is 0.0264. The van der Waals surface area contributed by atoms with Crippen LogP contribution in [0.15, 0.2) is 0 Å². The van der Waals surface area contributed by atoms with Crippen molar-refractivity contribution in [3.8, 4) is 0 Å². The molecule has 0 aliphatic rings. The molecule has 0 spiro atoms. The summed E-state index contributed by atoms with van der Waals surface area (Å²) < 4.78 is 0. The van der Waals surface area contributed by atoms with Crippen molar-refractivity contribution in [1.29, 1.82) is 0 Å². The van der Waals surface area contributed by atoms with Gasteiger partial charge in [-0.1, -0.05) is 90.9 Å². The van der Waals surface area contributed by atoms with Crippen molar-refractivity contribution in [3.05, 3.63) is 0 Å². The van der Waals surface area contributed by atoms with Gasteiger partial charge in [0.2, 0.25) is 0 Å². The van der Waals surface area contributed by atoms with E-state index in [1.807, 2.05) is 0 Å². The van der Waals surface area contributed by atoms with Crippen molar-refractivity contribution in [2.75, 3.05) is 6.54 Å². The molecule has 2 nitrogen and oxygen atoms in total. The average molecular weight is 286 g/mol. The van der Waals surface area contributed by atoms with Crippen LogP contribution in [0.4, 0.5) is 0 Å². The highest BCUT2D eigenvalue weighted by Crippen LogP contribution is 2.22. The predicted molar refractivity (Wildman–Crippen MR) is 90.0 cm³/mol. The topological polar surface area (TPSA) is 46.2 Å². The van der Waals surface area contributed by atoms with Crippen molar-refractivity contribution < 1.29 is 5.11 Å². The lowest BCUT2D eigenvalue weighted by Gasteiger charge is -2.26. The Morgan fingerprint density at radius 2 is 1.00 bits per heavy atom. The molecular weight excluding hydrogens is 246 g/mol. The van der Waals surface area contributed by atoms with Gasteiger partial charge in [-0.3, -0.25) is 0 Å². The van der Waals surface area contributed by atoms with Crippen LogP contribution >= 0.6 is 0 Å². The Bertz CT molecular complexity index is 178. The third-order valence-corrected chi connectivity index (χ3v) is 4.37. The first kappa shape index (κ1) is 19.9. The highest BCUT2D eigenvalue weighted by molar-refractivity contribution is 4.79. The number of rotatable bonds is 15. The van der Waals surface area contributed by atoms with E-state index in [0.717, 1.165) is 25.7 Å². The fourth-order valence-corrected chi connectivity index (χ4v) is 2.80. The molecular formula is C18H39NO. The maximum atomic E-state index is 10.5. The van der Waals surface area contributed by atoms with E-state index >= 15 is 0 Å². The summed E-state index contributed by atoms with van der Waals surface area (Å²) in [7, 11) is 0. The Labute approximate surface area is 127 Å². The van der Waals surface area contributed by atoms with Gasteiger partial charge in [0.25, 0.3) is 0 Å². The number of hydrogen-bond donors (Lipinski definition) is 2. The maximum Gasteiger partial charge on any atom is 0.0769 e. The smallest absolute Gasteiger partial charge is 0.0769 e. The van der Waals surface area contributed by atoms with E-state index in [2.05, 4.69) is 13.8 Å². The van der Waals surface area contributed by atoms with Crippen LogP contribution in [0.1, 0.15) is 104 Å². The van der Waals surface area contributed by atoms with Gasteiger partial charge in [-0.2, -0.15) is 0 Å². The van der Waals surface area contributed by atoms with Crippen LogP contribution in [0.5, 0.6) is 0 Å². The van der Waals surface area contributed by atoms with E-state index in [-0.39, 0.29) is 0 Å². The highest BCUT2D eigenvalue weighted by atomic mass is 16.3. The first-order valence-electron chi connectivity index (χ1n) is 9.11. The molecule has 20 heavy (non-hydrogen) atoms. The molecule has 0 fully saturated rings. The van der Waals surface area contributed by atoms with Crippen molar-refractivity contribution >= 4 is 0 Å². The van der Waals surface area contributed by atoms with Gasteiger partial charge in [-0.25, -0.2) is 0 Å². The van der Waals surface area contributed by atoms with Crippen molar-refractivity contribution in [2.24, 2.45) is 5.73 Å². The van der Waals surface area contributed by atoms with Crippen molar-refractivity contribution in [1.82, 2.24) is 0 Å². The number of nitrogens with two attached hydrogens (primary N) is 1. The lowest BCUT2D eigenvalue weighted by atomic mass is 9.90. The van der Waals surface area contributed by atoms with Gasteiger partial charge in [0.05, 0.1) is 5.60 Å². The molecule has 0 aliphatic heterocycles. The largest absolute Gasteiger partial charge is 0.389 e. The fraction of sp³-hybridized carbons (Fsp3) is 1.00. The summed E-state index contributed by atoms with van der Waals surface area (Å²) in [6, 6.07) is 0. The van der Waals surface area contributed by atoms with Gasteiger partial charge in [0.1, 0.15) is 0 Å². The monoisotopic (exact) mass is 285 g/mol. The summed E-state index contributed by atoms with van der Waals surface area (Å²) >= 11 is 0. The van der Waals surface area contributed by atoms with Gasteiger partial charge in [0.15, 0.2) is 0 Å². The SMILES string of the molecule is CCCCCCCCC(O)(CN)CCCCCCCC. The molecule has 0 rings (SSSR count). The molecule has 0 saturated heterocycles. The van der Waals surface area contributed by atoms with Crippen LogP contribution in [-0.2, 0) is 0 Å². The van der Waals surface area contributed by atoms with Crippen LogP contribution < -0.4 is 5.73 Å². The molecule has 0 atom stereocenters. The molecule has 0 unspecified atom stereocenters. The predicted octanol–water partition coefficient (Wildman–Crippen LogP) is 5.18. The second kappa shape index (κ2) is 13.9. The Balaban J connectivity index is 3.57. The van der Waals surface area contributed by atoms with E-state index in [1.54, 1.807) is 0 Å². The first-order valence-corrected chi connectivity index (χ1v) is 9.11. The van der Waals surface area contributed by atoms with Crippen LogP contribution in [0.3, 0.4) is 0 Å².